The van der Waals surface area contributed by atoms with E-state index in [1.165, 1.54) is 7.05 Å². The minimum atomic E-state index is -3.05. The molecule has 0 aromatic heterocycles. The Morgan fingerprint density at radius 2 is 1.76 bits per heavy atom. The number of anilines is 1. The highest BCUT2D eigenvalue weighted by Gasteiger charge is 2.41. The Kier molecular flexibility index (Phi) is 3.75. The highest BCUT2D eigenvalue weighted by Crippen LogP contribution is 2.33. The van der Waals surface area contributed by atoms with Gasteiger partial charge in [0.25, 0.3) is 6.43 Å². The maximum absolute atomic E-state index is 13.2. The SMILES string of the molecule is CN1C=C(C(N)=O)C(C(F)F)N1c1cc(F)c(F)c(F)c1. The zero-order chi connectivity index (χ0) is 15.9. The molecule has 0 spiro atoms. The molecule has 2 N–H and O–H groups in total. The summed E-state index contributed by atoms with van der Waals surface area (Å²) in [6.45, 7) is 0. The third-order valence-corrected chi connectivity index (χ3v) is 3.00. The highest BCUT2D eigenvalue weighted by atomic mass is 19.3. The van der Waals surface area contributed by atoms with E-state index < -0.39 is 41.4 Å². The fraction of sp³-hybridized carbons (Fsp3) is 0.250. The smallest absolute Gasteiger partial charge is 0.265 e. The number of amides is 1. The van der Waals surface area contributed by atoms with Crippen molar-refractivity contribution in [2.24, 2.45) is 5.73 Å². The monoisotopic (exact) mass is 307 g/mol. The lowest BCUT2D eigenvalue weighted by Crippen LogP contribution is -2.45. The standard InChI is InChI=1S/C12H10F5N3O/c1-19-4-6(12(18)21)10(11(16)17)20(19)5-2-7(13)9(15)8(14)3-5/h2-4,10-11H,1H3,(H2,18,21). The molecule has 1 aliphatic heterocycles. The number of halogens is 5. The second kappa shape index (κ2) is 5.23. The average molecular weight is 307 g/mol. The second-order valence-corrected chi connectivity index (χ2v) is 4.37. The number of carbonyl (C=O) groups excluding carboxylic acids is 1. The fourth-order valence-electron chi connectivity index (χ4n) is 2.14. The van der Waals surface area contributed by atoms with Crippen LogP contribution in [0.4, 0.5) is 27.6 Å². The summed E-state index contributed by atoms with van der Waals surface area (Å²) in [6, 6.07) is -0.693. The lowest BCUT2D eigenvalue weighted by atomic mass is 10.1. The lowest BCUT2D eigenvalue weighted by Gasteiger charge is -2.33. The van der Waals surface area contributed by atoms with E-state index >= 15 is 0 Å². The summed E-state index contributed by atoms with van der Waals surface area (Å²) in [5, 5.41) is 1.79. The van der Waals surface area contributed by atoms with Gasteiger partial charge >= 0.3 is 0 Å². The summed E-state index contributed by atoms with van der Waals surface area (Å²) < 4.78 is 65.8. The minimum Gasteiger partial charge on any atom is -0.366 e. The first-order chi connectivity index (χ1) is 9.73. The summed E-state index contributed by atoms with van der Waals surface area (Å²) >= 11 is 0. The van der Waals surface area contributed by atoms with Gasteiger partial charge in [-0.05, 0) is 0 Å². The van der Waals surface area contributed by atoms with Crippen LogP contribution in [0.25, 0.3) is 0 Å². The normalized spacial score (nSPS) is 18.4. The van der Waals surface area contributed by atoms with Gasteiger partial charge in [0.1, 0.15) is 6.04 Å². The Balaban J connectivity index is 2.50. The molecule has 0 radical (unpaired) electrons. The molecule has 1 amide bonds. The first-order valence-electron chi connectivity index (χ1n) is 5.70. The minimum absolute atomic E-state index is 0.369. The quantitative estimate of drug-likeness (QED) is 0.684. The predicted molar refractivity (Wildman–Crippen MR) is 63.6 cm³/mol. The zero-order valence-electron chi connectivity index (χ0n) is 10.7. The molecule has 4 nitrogen and oxygen atoms in total. The number of nitrogens with two attached hydrogens (primary N) is 1. The van der Waals surface area contributed by atoms with Gasteiger partial charge in [0.05, 0.1) is 11.3 Å². The Morgan fingerprint density at radius 1 is 1.24 bits per heavy atom. The van der Waals surface area contributed by atoms with Crippen LogP contribution in [0.5, 0.6) is 0 Å². The Morgan fingerprint density at radius 3 is 2.19 bits per heavy atom. The average Bonchev–Trinajstić information content (AvgIpc) is 2.73. The molecule has 9 heteroatoms. The molecule has 114 valence electrons. The Hall–Kier alpha value is -2.32. The third kappa shape index (κ3) is 2.50. The van der Waals surface area contributed by atoms with Gasteiger partial charge in [-0.2, -0.15) is 0 Å². The first kappa shape index (κ1) is 15.1. The molecule has 1 aromatic carbocycles. The Labute approximate surface area is 116 Å². The maximum Gasteiger partial charge on any atom is 0.265 e. The fourth-order valence-corrected chi connectivity index (χ4v) is 2.14. The van der Waals surface area contributed by atoms with Crippen molar-refractivity contribution in [3.05, 3.63) is 41.4 Å². The van der Waals surface area contributed by atoms with Gasteiger partial charge in [-0.25, -0.2) is 22.0 Å². The van der Waals surface area contributed by atoms with Crippen LogP contribution in [-0.2, 0) is 4.79 Å². The van der Waals surface area contributed by atoms with Crippen molar-refractivity contribution in [2.75, 3.05) is 12.1 Å². The Bertz CT molecular complexity index is 596. The molecule has 0 saturated heterocycles. The van der Waals surface area contributed by atoms with Crippen molar-refractivity contribution < 1.29 is 26.7 Å². The van der Waals surface area contributed by atoms with E-state index in [4.69, 9.17) is 5.73 Å². The van der Waals surface area contributed by atoms with Gasteiger partial charge in [-0.3, -0.25) is 14.8 Å². The molecular formula is C12H10F5N3O. The van der Waals surface area contributed by atoms with E-state index in [2.05, 4.69) is 0 Å². The van der Waals surface area contributed by atoms with Crippen LogP contribution in [0.3, 0.4) is 0 Å². The lowest BCUT2D eigenvalue weighted by molar-refractivity contribution is -0.115. The van der Waals surface area contributed by atoms with Crippen LogP contribution < -0.4 is 10.7 Å². The second-order valence-electron chi connectivity index (χ2n) is 4.37. The summed E-state index contributed by atoms with van der Waals surface area (Å²) in [7, 11) is 1.28. The molecule has 21 heavy (non-hydrogen) atoms. The third-order valence-electron chi connectivity index (χ3n) is 3.00. The van der Waals surface area contributed by atoms with Crippen LogP contribution in [0.2, 0.25) is 0 Å². The summed E-state index contributed by atoms with van der Waals surface area (Å²) in [6.07, 6.45) is -2.02. The van der Waals surface area contributed by atoms with Gasteiger partial charge < -0.3 is 5.73 Å². The van der Waals surface area contributed by atoms with Crippen molar-refractivity contribution in [1.82, 2.24) is 5.01 Å². The zero-order valence-corrected chi connectivity index (χ0v) is 10.7. The van der Waals surface area contributed by atoms with Crippen LogP contribution in [0.1, 0.15) is 0 Å². The van der Waals surface area contributed by atoms with Crippen molar-refractivity contribution in [2.45, 2.75) is 12.5 Å². The van der Waals surface area contributed by atoms with E-state index in [1.807, 2.05) is 0 Å². The molecule has 1 aromatic rings. The van der Waals surface area contributed by atoms with Gasteiger partial charge in [-0.15, -0.1) is 0 Å². The molecule has 0 bridgehead atoms. The van der Waals surface area contributed by atoms with E-state index in [0.29, 0.717) is 12.1 Å². The number of hydrogen-bond acceptors (Lipinski definition) is 3. The van der Waals surface area contributed by atoms with Gasteiger partial charge in [0.2, 0.25) is 5.91 Å². The first-order valence-corrected chi connectivity index (χ1v) is 5.70. The highest BCUT2D eigenvalue weighted by molar-refractivity contribution is 5.94. The molecule has 0 saturated carbocycles. The number of hydrazine groups is 1. The van der Waals surface area contributed by atoms with E-state index in [9.17, 15) is 26.7 Å². The summed E-state index contributed by atoms with van der Waals surface area (Å²) in [4.78, 5) is 11.2. The van der Waals surface area contributed by atoms with Crippen LogP contribution in [0.15, 0.2) is 23.9 Å². The number of nitrogens with zero attached hydrogens (tertiary/aromatic N) is 2. The van der Waals surface area contributed by atoms with Gasteiger partial charge in [-0.1, -0.05) is 0 Å². The van der Waals surface area contributed by atoms with Crippen LogP contribution >= 0.6 is 0 Å². The largest absolute Gasteiger partial charge is 0.366 e. The van der Waals surface area contributed by atoms with Crippen molar-refractivity contribution in [1.29, 1.82) is 0 Å². The van der Waals surface area contributed by atoms with Gasteiger partial charge in [0.15, 0.2) is 17.5 Å². The number of hydrogen-bond donors (Lipinski definition) is 1. The summed E-state index contributed by atoms with van der Waals surface area (Å²) in [5.41, 5.74) is 4.22. The van der Waals surface area contributed by atoms with Crippen molar-refractivity contribution in [3.63, 3.8) is 0 Å². The molecule has 1 unspecified atom stereocenters. The maximum atomic E-state index is 13.2. The van der Waals surface area contributed by atoms with Crippen molar-refractivity contribution >= 4 is 11.6 Å². The molecule has 0 fully saturated rings. The molecule has 0 aliphatic carbocycles. The molecule has 1 heterocycles. The molecule has 1 aliphatic rings. The number of primary amides is 1. The van der Waals surface area contributed by atoms with E-state index in [0.717, 1.165) is 16.2 Å². The number of benzene rings is 1. The van der Waals surface area contributed by atoms with Crippen LogP contribution in [-0.4, -0.2) is 30.4 Å². The number of rotatable bonds is 3. The van der Waals surface area contributed by atoms with Crippen LogP contribution in [0, 0.1) is 17.5 Å². The van der Waals surface area contributed by atoms with Crippen molar-refractivity contribution in [3.8, 4) is 0 Å². The topological polar surface area (TPSA) is 49.6 Å². The van der Waals surface area contributed by atoms with Gasteiger partial charge in [0, 0.05) is 25.4 Å². The molecular weight excluding hydrogens is 297 g/mol. The number of alkyl halides is 2. The predicted octanol–water partition coefficient (Wildman–Crippen LogP) is 1.77. The summed E-state index contributed by atoms with van der Waals surface area (Å²) in [5.74, 6) is -5.85. The number of carbonyl (C=O) groups is 1. The molecule has 1 atom stereocenters. The van der Waals surface area contributed by atoms with E-state index in [-0.39, 0.29) is 5.69 Å². The molecule has 2 rings (SSSR count). The van der Waals surface area contributed by atoms with E-state index in [1.54, 1.807) is 0 Å².